The molecule has 0 saturated heterocycles. The molecule has 0 aliphatic heterocycles. The van der Waals surface area contributed by atoms with Gasteiger partial charge in [-0.3, -0.25) is 14.9 Å². The number of fused-ring (bicyclic) bond motifs is 1. The van der Waals surface area contributed by atoms with E-state index in [1.54, 1.807) is 6.07 Å². The number of rotatable bonds is 7. The summed E-state index contributed by atoms with van der Waals surface area (Å²) in [7, 11) is 0. The van der Waals surface area contributed by atoms with Crippen LogP contribution in [0.3, 0.4) is 0 Å². The Morgan fingerprint density at radius 2 is 1.93 bits per heavy atom. The second-order valence-corrected chi connectivity index (χ2v) is 8.73. The van der Waals surface area contributed by atoms with Crippen LogP contribution < -0.4 is 10.1 Å². The number of carbonyl (C=O) groups excluding carboxylic acids is 1. The van der Waals surface area contributed by atoms with Crippen molar-refractivity contribution in [3.8, 4) is 5.75 Å². The van der Waals surface area contributed by atoms with Gasteiger partial charge in [0.25, 0.3) is 5.69 Å². The van der Waals surface area contributed by atoms with Crippen molar-refractivity contribution in [2.75, 3.05) is 11.9 Å². The fourth-order valence-corrected chi connectivity index (χ4v) is 3.65. The third-order valence-corrected chi connectivity index (χ3v) is 5.30. The molecule has 0 radical (unpaired) electrons. The highest BCUT2D eigenvalue weighted by molar-refractivity contribution is 7.22. The van der Waals surface area contributed by atoms with Crippen molar-refractivity contribution in [2.24, 2.45) is 0 Å². The Bertz CT molecular complexity index is 1020. The molecule has 0 aliphatic rings. The van der Waals surface area contributed by atoms with Gasteiger partial charge in [0, 0.05) is 18.6 Å². The molecule has 152 valence electrons. The largest absolute Gasteiger partial charge is 0.494 e. The first-order valence-electron chi connectivity index (χ1n) is 9.30. The normalized spacial score (nSPS) is 11.4. The van der Waals surface area contributed by atoms with E-state index in [0.29, 0.717) is 34.8 Å². The van der Waals surface area contributed by atoms with Gasteiger partial charge in [-0.05, 0) is 35.6 Å². The summed E-state index contributed by atoms with van der Waals surface area (Å²) in [6.07, 6.45) is 0.874. The van der Waals surface area contributed by atoms with Gasteiger partial charge in [0.05, 0.1) is 21.7 Å². The van der Waals surface area contributed by atoms with Crippen LogP contribution in [0.2, 0.25) is 0 Å². The minimum absolute atomic E-state index is 0.00621. The lowest BCUT2D eigenvalue weighted by atomic mass is 9.87. The van der Waals surface area contributed by atoms with Crippen molar-refractivity contribution in [1.82, 2.24) is 4.98 Å². The van der Waals surface area contributed by atoms with Gasteiger partial charge in [-0.15, -0.1) is 0 Å². The fraction of sp³-hybridized carbons (Fsp3) is 0.333. The monoisotopic (exact) mass is 413 g/mol. The van der Waals surface area contributed by atoms with Crippen LogP contribution in [0.5, 0.6) is 5.75 Å². The first-order chi connectivity index (χ1) is 13.7. The Balaban J connectivity index is 1.46. The number of nitro benzene ring substituents is 1. The first-order valence-corrected chi connectivity index (χ1v) is 10.1. The summed E-state index contributed by atoms with van der Waals surface area (Å²) >= 11 is 1.22. The van der Waals surface area contributed by atoms with Crippen molar-refractivity contribution in [1.29, 1.82) is 0 Å². The van der Waals surface area contributed by atoms with Gasteiger partial charge in [-0.2, -0.15) is 0 Å². The van der Waals surface area contributed by atoms with Crippen molar-refractivity contribution >= 4 is 38.3 Å². The number of nitrogens with one attached hydrogen (secondary N) is 1. The van der Waals surface area contributed by atoms with E-state index in [4.69, 9.17) is 4.74 Å². The van der Waals surface area contributed by atoms with E-state index in [1.807, 2.05) is 12.1 Å². The molecule has 2 aromatic carbocycles. The van der Waals surface area contributed by atoms with Crippen molar-refractivity contribution in [3.63, 3.8) is 0 Å². The minimum Gasteiger partial charge on any atom is -0.494 e. The predicted molar refractivity (Wildman–Crippen MR) is 115 cm³/mol. The number of amides is 1. The van der Waals surface area contributed by atoms with Gasteiger partial charge < -0.3 is 10.1 Å². The fourth-order valence-electron chi connectivity index (χ4n) is 2.74. The summed E-state index contributed by atoms with van der Waals surface area (Å²) in [6.45, 7) is 6.92. The van der Waals surface area contributed by atoms with Crippen LogP contribution in [0.4, 0.5) is 10.8 Å². The highest BCUT2D eigenvalue weighted by Crippen LogP contribution is 2.29. The van der Waals surface area contributed by atoms with E-state index in [0.717, 1.165) is 5.75 Å². The van der Waals surface area contributed by atoms with E-state index in [-0.39, 0.29) is 17.0 Å². The molecule has 1 amide bonds. The SMILES string of the molecule is CC(C)(C)c1ccc(OCCCC(=O)Nc2nc3ccc([N+](=O)[O-])cc3s2)cc1. The van der Waals surface area contributed by atoms with Gasteiger partial charge >= 0.3 is 0 Å². The maximum Gasteiger partial charge on any atom is 0.270 e. The zero-order valence-corrected chi connectivity index (χ0v) is 17.4. The zero-order chi connectivity index (χ0) is 21.0. The van der Waals surface area contributed by atoms with Gasteiger partial charge in [0.1, 0.15) is 5.75 Å². The molecule has 7 nitrogen and oxygen atoms in total. The summed E-state index contributed by atoms with van der Waals surface area (Å²) in [4.78, 5) is 26.8. The van der Waals surface area contributed by atoms with Gasteiger partial charge in [0.15, 0.2) is 5.13 Å². The van der Waals surface area contributed by atoms with Gasteiger partial charge in [-0.1, -0.05) is 44.2 Å². The second-order valence-electron chi connectivity index (χ2n) is 7.70. The Morgan fingerprint density at radius 1 is 1.21 bits per heavy atom. The number of hydrogen-bond donors (Lipinski definition) is 1. The van der Waals surface area contributed by atoms with Gasteiger partial charge in [-0.25, -0.2) is 4.98 Å². The highest BCUT2D eigenvalue weighted by atomic mass is 32.1. The van der Waals surface area contributed by atoms with Crippen LogP contribution in [0, 0.1) is 10.1 Å². The smallest absolute Gasteiger partial charge is 0.270 e. The van der Waals surface area contributed by atoms with Crippen molar-refractivity contribution in [2.45, 2.75) is 39.0 Å². The Kier molecular flexibility index (Phi) is 6.12. The number of anilines is 1. The number of nitro groups is 1. The second kappa shape index (κ2) is 8.57. The molecule has 1 N–H and O–H groups in total. The molecule has 8 heteroatoms. The number of non-ortho nitro benzene ring substituents is 1. The summed E-state index contributed by atoms with van der Waals surface area (Å²) in [5, 5.41) is 14.0. The van der Waals surface area contributed by atoms with Crippen LogP contribution in [-0.2, 0) is 10.2 Å². The molecule has 1 heterocycles. The third-order valence-electron chi connectivity index (χ3n) is 4.37. The van der Waals surface area contributed by atoms with E-state index in [2.05, 4.69) is 43.2 Å². The number of benzene rings is 2. The number of aromatic nitrogens is 1. The van der Waals surface area contributed by atoms with Crippen LogP contribution >= 0.6 is 11.3 Å². The maximum absolute atomic E-state index is 12.1. The third kappa shape index (κ3) is 5.51. The topological polar surface area (TPSA) is 94.4 Å². The quantitative estimate of drug-likeness (QED) is 0.322. The zero-order valence-electron chi connectivity index (χ0n) is 16.6. The molecule has 0 unspecified atom stereocenters. The predicted octanol–water partition coefficient (Wildman–Crippen LogP) is 5.30. The molecule has 0 spiro atoms. The highest BCUT2D eigenvalue weighted by Gasteiger charge is 2.14. The molecular formula is C21H23N3O4S. The lowest BCUT2D eigenvalue weighted by Gasteiger charge is -2.19. The number of carbonyl (C=O) groups is 1. The summed E-state index contributed by atoms with van der Waals surface area (Å²) in [5.74, 6) is 0.622. The first kappa shape index (κ1) is 20.7. The molecule has 0 aliphatic carbocycles. The molecule has 0 saturated carbocycles. The number of thiazole rings is 1. The summed E-state index contributed by atoms with van der Waals surface area (Å²) in [6, 6.07) is 12.4. The van der Waals surface area contributed by atoms with Crippen LogP contribution in [-0.4, -0.2) is 22.4 Å². The number of ether oxygens (including phenoxy) is 1. The Morgan fingerprint density at radius 3 is 2.59 bits per heavy atom. The lowest BCUT2D eigenvalue weighted by molar-refractivity contribution is -0.384. The molecular weight excluding hydrogens is 390 g/mol. The van der Waals surface area contributed by atoms with E-state index in [9.17, 15) is 14.9 Å². The van der Waals surface area contributed by atoms with Crippen LogP contribution in [0.25, 0.3) is 10.2 Å². The van der Waals surface area contributed by atoms with Crippen molar-refractivity contribution in [3.05, 3.63) is 58.1 Å². The Hall–Kier alpha value is -3.00. The number of nitrogens with zero attached hydrogens (tertiary/aromatic N) is 2. The van der Waals surface area contributed by atoms with Crippen molar-refractivity contribution < 1.29 is 14.5 Å². The number of hydrogen-bond acceptors (Lipinski definition) is 6. The van der Waals surface area contributed by atoms with Crippen LogP contribution in [0.15, 0.2) is 42.5 Å². The average Bonchev–Trinajstić information content (AvgIpc) is 3.06. The molecule has 0 fully saturated rings. The lowest BCUT2D eigenvalue weighted by Crippen LogP contribution is -2.13. The minimum atomic E-state index is -0.450. The summed E-state index contributed by atoms with van der Waals surface area (Å²) < 4.78 is 6.36. The molecule has 29 heavy (non-hydrogen) atoms. The van der Waals surface area contributed by atoms with E-state index in [1.165, 1.54) is 29.0 Å². The standard InChI is InChI=1S/C21H23N3O4S/c1-21(2,3)14-6-9-16(10-7-14)28-12-4-5-19(25)23-20-22-17-11-8-15(24(26)27)13-18(17)29-20/h6-11,13H,4-5,12H2,1-3H3,(H,22,23,25). The van der Waals surface area contributed by atoms with E-state index < -0.39 is 4.92 Å². The molecule has 3 aromatic rings. The maximum atomic E-state index is 12.1. The summed E-state index contributed by atoms with van der Waals surface area (Å²) in [5.41, 5.74) is 1.97. The molecule has 0 atom stereocenters. The average molecular weight is 413 g/mol. The molecule has 3 rings (SSSR count). The van der Waals surface area contributed by atoms with Gasteiger partial charge in [0.2, 0.25) is 5.91 Å². The Labute approximate surface area is 172 Å². The molecule has 0 bridgehead atoms. The van der Waals surface area contributed by atoms with Crippen LogP contribution in [0.1, 0.15) is 39.2 Å². The molecule has 1 aromatic heterocycles. The van der Waals surface area contributed by atoms with E-state index >= 15 is 0 Å².